The maximum absolute atomic E-state index is 12.8. The van der Waals surface area contributed by atoms with E-state index in [1.165, 1.54) is 11.8 Å². The molecule has 1 heterocycles. The molecule has 24 heavy (non-hydrogen) atoms. The Labute approximate surface area is 151 Å². The highest BCUT2D eigenvalue weighted by molar-refractivity contribution is 8.27. The molecule has 0 spiro atoms. The molecule has 2 aromatic rings. The molecule has 0 atom stereocenters. The highest BCUT2D eigenvalue weighted by atomic mass is 32.2. The van der Waals surface area contributed by atoms with Crippen LogP contribution in [0.1, 0.15) is 16.7 Å². The van der Waals surface area contributed by atoms with Crippen molar-refractivity contribution in [2.45, 2.75) is 13.8 Å². The Morgan fingerprint density at radius 1 is 1.00 bits per heavy atom. The van der Waals surface area contributed by atoms with Crippen LogP contribution in [0.2, 0.25) is 0 Å². The second kappa shape index (κ2) is 7.16. The minimum absolute atomic E-state index is 0.0555. The number of nitrogens with zero attached hydrogens (tertiary/aromatic N) is 1. The number of hydrogen-bond donors (Lipinski definition) is 0. The number of amides is 1. The van der Waals surface area contributed by atoms with Crippen LogP contribution < -0.4 is 4.90 Å². The SMILES string of the molecule is Cc1cccc(C)c1N1C(=O)/C(=C/C=C/c2ccccc2)SC1=S. The zero-order chi connectivity index (χ0) is 17.1. The van der Waals surface area contributed by atoms with Crippen LogP contribution >= 0.6 is 24.0 Å². The predicted octanol–water partition coefficient (Wildman–Crippen LogP) is 5.27. The number of allylic oxidation sites excluding steroid dienone is 2. The van der Waals surface area contributed by atoms with Crippen molar-refractivity contribution in [2.24, 2.45) is 0 Å². The fourth-order valence-electron chi connectivity index (χ4n) is 2.64. The number of aryl methyl sites for hydroxylation is 2. The molecule has 0 aliphatic carbocycles. The van der Waals surface area contributed by atoms with Gasteiger partial charge in [-0.2, -0.15) is 0 Å². The van der Waals surface area contributed by atoms with Gasteiger partial charge in [-0.25, -0.2) is 0 Å². The Balaban J connectivity index is 1.87. The number of carbonyl (C=O) groups excluding carboxylic acids is 1. The lowest BCUT2D eigenvalue weighted by Crippen LogP contribution is -2.29. The van der Waals surface area contributed by atoms with Crippen molar-refractivity contribution in [1.29, 1.82) is 0 Å². The van der Waals surface area contributed by atoms with Crippen molar-refractivity contribution in [3.8, 4) is 0 Å². The molecule has 1 aliphatic rings. The Kier molecular flexibility index (Phi) is 4.97. The van der Waals surface area contributed by atoms with E-state index in [1.54, 1.807) is 4.90 Å². The van der Waals surface area contributed by atoms with E-state index in [-0.39, 0.29) is 5.91 Å². The van der Waals surface area contributed by atoms with Crippen molar-refractivity contribution in [3.05, 3.63) is 82.3 Å². The van der Waals surface area contributed by atoms with Crippen molar-refractivity contribution in [2.75, 3.05) is 4.90 Å². The largest absolute Gasteiger partial charge is 0.270 e. The van der Waals surface area contributed by atoms with Gasteiger partial charge in [0.15, 0.2) is 4.32 Å². The lowest BCUT2D eigenvalue weighted by Gasteiger charge is -2.19. The van der Waals surface area contributed by atoms with Gasteiger partial charge in [0.05, 0.1) is 10.6 Å². The third-order valence-corrected chi connectivity index (χ3v) is 5.11. The van der Waals surface area contributed by atoms with Crippen LogP contribution in [0.15, 0.2) is 65.6 Å². The number of thioether (sulfide) groups is 1. The zero-order valence-corrected chi connectivity index (χ0v) is 15.2. The maximum atomic E-state index is 12.8. The van der Waals surface area contributed by atoms with Crippen molar-refractivity contribution in [3.63, 3.8) is 0 Å². The molecule has 2 nitrogen and oxygen atoms in total. The maximum Gasteiger partial charge on any atom is 0.270 e. The topological polar surface area (TPSA) is 20.3 Å². The van der Waals surface area contributed by atoms with Crippen LogP contribution in [0.3, 0.4) is 0 Å². The number of hydrogen-bond acceptors (Lipinski definition) is 3. The van der Waals surface area contributed by atoms with E-state index >= 15 is 0 Å². The van der Waals surface area contributed by atoms with Gasteiger partial charge in [0, 0.05) is 0 Å². The monoisotopic (exact) mass is 351 g/mol. The Bertz CT molecular complexity index is 833. The van der Waals surface area contributed by atoms with E-state index in [2.05, 4.69) is 0 Å². The van der Waals surface area contributed by atoms with Gasteiger partial charge in [-0.15, -0.1) is 0 Å². The van der Waals surface area contributed by atoms with Gasteiger partial charge < -0.3 is 0 Å². The average molecular weight is 351 g/mol. The summed E-state index contributed by atoms with van der Waals surface area (Å²) in [6, 6.07) is 16.0. The second-order valence-electron chi connectivity index (χ2n) is 5.55. The molecular formula is C20H17NOS2. The molecule has 2 aromatic carbocycles. The molecule has 0 unspecified atom stereocenters. The molecule has 0 aromatic heterocycles. The van der Waals surface area contributed by atoms with Gasteiger partial charge in [-0.05, 0) is 36.6 Å². The van der Waals surface area contributed by atoms with Crippen LogP contribution in [0.5, 0.6) is 0 Å². The second-order valence-corrected chi connectivity index (χ2v) is 7.23. The van der Waals surface area contributed by atoms with Gasteiger partial charge in [0.1, 0.15) is 0 Å². The number of rotatable bonds is 3. The highest BCUT2D eigenvalue weighted by Gasteiger charge is 2.34. The van der Waals surface area contributed by atoms with Gasteiger partial charge in [-0.3, -0.25) is 9.69 Å². The van der Waals surface area contributed by atoms with Crippen LogP contribution in [-0.2, 0) is 4.79 Å². The highest BCUT2D eigenvalue weighted by Crippen LogP contribution is 2.37. The molecular weight excluding hydrogens is 334 g/mol. The molecule has 120 valence electrons. The summed E-state index contributed by atoms with van der Waals surface area (Å²) in [5, 5.41) is 0. The number of carbonyl (C=O) groups is 1. The predicted molar refractivity (Wildman–Crippen MR) is 107 cm³/mol. The number of benzene rings is 2. The molecule has 1 fully saturated rings. The quantitative estimate of drug-likeness (QED) is 0.555. The molecule has 0 bridgehead atoms. The van der Waals surface area contributed by atoms with Gasteiger partial charge in [-0.1, -0.05) is 84.7 Å². The lowest BCUT2D eigenvalue weighted by molar-refractivity contribution is -0.113. The molecule has 1 aliphatic heterocycles. The van der Waals surface area contributed by atoms with Crippen LogP contribution in [0.25, 0.3) is 6.08 Å². The smallest absolute Gasteiger partial charge is 0.268 e. The normalized spacial score (nSPS) is 16.6. The number of para-hydroxylation sites is 1. The number of thiocarbonyl (C=S) groups is 1. The van der Waals surface area contributed by atoms with E-state index in [0.29, 0.717) is 9.23 Å². The minimum Gasteiger partial charge on any atom is -0.268 e. The van der Waals surface area contributed by atoms with Crippen molar-refractivity contribution < 1.29 is 4.79 Å². The van der Waals surface area contributed by atoms with E-state index in [0.717, 1.165) is 22.4 Å². The summed E-state index contributed by atoms with van der Waals surface area (Å²) in [4.78, 5) is 15.1. The first kappa shape index (κ1) is 16.7. The molecule has 0 saturated carbocycles. The van der Waals surface area contributed by atoms with Crippen LogP contribution in [-0.4, -0.2) is 10.2 Å². The first-order valence-corrected chi connectivity index (χ1v) is 8.86. The van der Waals surface area contributed by atoms with Gasteiger partial charge in [0.25, 0.3) is 5.91 Å². The summed E-state index contributed by atoms with van der Waals surface area (Å²) in [5.74, 6) is -0.0555. The first-order chi connectivity index (χ1) is 11.6. The van der Waals surface area contributed by atoms with Crippen LogP contribution in [0.4, 0.5) is 5.69 Å². The summed E-state index contributed by atoms with van der Waals surface area (Å²) in [7, 11) is 0. The van der Waals surface area contributed by atoms with E-state index in [4.69, 9.17) is 12.2 Å². The molecule has 3 rings (SSSR count). The Morgan fingerprint density at radius 2 is 1.67 bits per heavy atom. The Hall–Kier alpha value is -2.17. The molecule has 1 saturated heterocycles. The molecule has 0 radical (unpaired) electrons. The number of anilines is 1. The fourth-order valence-corrected chi connectivity index (χ4v) is 3.87. The van der Waals surface area contributed by atoms with Crippen molar-refractivity contribution in [1.82, 2.24) is 0 Å². The van der Waals surface area contributed by atoms with Gasteiger partial charge >= 0.3 is 0 Å². The molecule has 4 heteroatoms. The molecule has 1 amide bonds. The zero-order valence-electron chi connectivity index (χ0n) is 13.5. The standard InChI is InChI=1S/C20H17NOS2/c1-14-8-6-9-15(2)18(14)21-19(22)17(24-20(21)23)13-7-12-16-10-4-3-5-11-16/h3-13H,1-2H3/b12-7+,17-13-. The summed E-state index contributed by atoms with van der Waals surface area (Å²) < 4.78 is 0.580. The molecule has 0 N–H and O–H groups in total. The Morgan fingerprint density at radius 3 is 2.33 bits per heavy atom. The summed E-state index contributed by atoms with van der Waals surface area (Å²) >= 11 is 6.79. The van der Waals surface area contributed by atoms with E-state index in [9.17, 15) is 4.79 Å². The van der Waals surface area contributed by atoms with E-state index in [1.807, 2.05) is 80.6 Å². The summed E-state index contributed by atoms with van der Waals surface area (Å²) in [5.41, 5.74) is 4.09. The fraction of sp³-hybridized carbons (Fsp3) is 0.100. The summed E-state index contributed by atoms with van der Waals surface area (Å²) in [6.07, 6.45) is 5.71. The third kappa shape index (κ3) is 3.35. The van der Waals surface area contributed by atoms with Crippen LogP contribution in [0, 0.1) is 13.8 Å². The average Bonchev–Trinajstić information content (AvgIpc) is 2.84. The van der Waals surface area contributed by atoms with Gasteiger partial charge in [0.2, 0.25) is 0 Å². The minimum atomic E-state index is -0.0555. The lowest BCUT2D eigenvalue weighted by atomic mass is 10.1. The van der Waals surface area contributed by atoms with E-state index < -0.39 is 0 Å². The van der Waals surface area contributed by atoms with Crippen molar-refractivity contribution >= 4 is 46.0 Å². The summed E-state index contributed by atoms with van der Waals surface area (Å²) in [6.45, 7) is 4.00. The third-order valence-electron chi connectivity index (χ3n) is 3.79. The first-order valence-electron chi connectivity index (χ1n) is 7.64.